The number of hydrogen-bond donors (Lipinski definition) is 1. The Morgan fingerprint density at radius 1 is 1.32 bits per heavy atom. The molecular formula is C14H19NO3S. The summed E-state index contributed by atoms with van der Waals surface area (Å²) in [4.78, 5) is 25.2. The summed E-state index contributed by atoms with van der Waals surface area (Å²) in [5, 5.41) is 8.80. The summed E-state index contributed by atoms with van der Waals surface area (Å²) >= 11 is 1.63. The largest absolute Gasteiger partial charge is 0.481 e. The van der Waals surface area contributed by atoms with Crippen LogP contribution in [0.25, 0.3) is 0 Å². The van der Waals surface area contributed by atoms with E-state index in [1.165, 1.54) is 4.90 Å². The minimum absolute atomic E-state index is 0.0171. The first-order valence-corrected chi connectivity index (χ1v) is 7.14. The zero-order chi connectivity index (χ0) is 14.3. The molecule has 1 rings (SSSR count). The van der Waals surface area contributed by atoms with Gasteiger partial charge in [0.15, 0.2) is 0 Å². The fourth-order valence-corrected chi connectivity index (χ4v) is 2.42. The van der Waals surface area contributed by atoms with Gasteiger partial charge in [0.05, 0.1) is 5.92 Å². The molecule has 19 heavy (non-hydrogen) atoms. The van der Waals surface area contributed by atoms with Crippen molar-refractivity contribution in [3.8, 4) is 0 Å². The summed E-state index contributed by atoms with van der Waals surface area (Å²) in [6.45, 7) is 1.86. The average molecular weight is 281 g/mol. The number of carboxylic acids is 1. The zero-order valence-electron chi connectivity index (χ0n) is 11.2. The van der Waals surface area contributed by atoms with E-state index in [0.29, 0.717) is 12.2 Å². The lowest BCUT2D eigenvalue weighted by Crippen LogP contribution is -2.33. The maximum Gasteiger partial charge on any atom is 0.308 e. The number of amides is 1. The van der Waals surface area contributed by atoms with Gasteiger partial charge in [0.1, 0.15) is 0 Å². The first kappa shape index (κ1) is 15.6. The second-order valence-electron chi connectivity index (χ2n) is 4.43. The van der Waals surface area contributed by atoms with Gasteiger partial charge in [0.2, 0.25) is 5.91 Å². The summed E-state index contributed by atoms with van der Waals surface area (Å²) < 4.78 is 0. The summed E-state index contributed by atoms with van der Waals surface area (Å²) in [6, 6.07) is 9.89. The quantitative estimate of drug-likeness (QED) is 0.779. The van der Waals surface area contributed by atoms with Crippen LogP contribution in [0.5, 0.6) is 0 Å². The molecule has 0 saturated heterocycles. The number of aliphatic carboxylic acids is 1. The molecule has 1 aromatic rings. The second kappa shape index (κ2) is 7.84. The van der Waals surface area contributed by atoms with Crippen LogP contribution in [-0.2, 0) is 9.59 Å². The third-order valence-corrected chi connectivity index (χ3v) is 3.74. The monoisotopic (exact) mass is 281 g/mol. The highest BCUT2D eigenvalue weighted by Crippen LogP contribution is 2.18. The Balaban J connectivity index is 2.29. The van der Waals surface area contributed by atoms with Crippen molar-refractivity contribution in [2.24, 2.45) is 5.92 Å². The maximum absolute atomic E-state index is 11.8. The molecule has 0 aromatic heterocycles. The highest BCUT2D eigenvalue weighted by atomic mass is 32.2. The highest BCUT2D eigenvalue weighted by Gasteiger charge is 2.16. The van der Waals surface area contributed by atoms with Crippen LogP contribution >= 0.6 is 11.8 Å². The molecule has 104 valence electrons. The van der Waals surface area contributed by atoms with Gasteiger partial charge in [0.25, 0.3) is 0 Å². The third-order valence-electron chi connectivity index (χ3n) is 2.72. The number of benzene rings is 1. The van der Waals surface area contributed by atoms with E-state index >= 15 is 0 Å². The summed E-state index contributed by atoms with van der Waals surface area (Å²) in [6.07, 6.45) is 0.419. The number of carbonyl (C=O) groups is 2. The first-order chi connectivity index (χ1) is 9.00. The molecule has 1 atom stereocenters. The van der Waals surface area contributed by atoms with E-state index in [1.54, 1.807) is 25.7 Å². The predicted octanol–water partition coefficient (Wildman–Crippen LogP) is 2.35. The molecule has 0 radical (unpaired) electrons. The lowest BCUT2D eigenvalue weighted by atomic mass is 10.2. The molecule has 1 aromatic carbocycles. The molecule has 5 heteroatoms. The van der Waals surface area contributed by atoms with Crippen LogP contribution < -0.4 is 0 Å². The van der Waals surface area contributed by atoms with Crippen molar-refractivity contribution in [3.05, 3.63) is 30.3 Å². The molecule has 1 unspecified atom stereocenters. The van der Waals surface area contributed by atoms with Gasteiger partial charge in [0, 0.05) is 30.7 Å². The van der Waals surface area contributed by atoms with Gasteiger partial charge in [-0.2, -0.15) is 0 Å². The van der Waals surface area contributed by atoms with Gasteiger partial charge in [-0.1, -0.05) is 25.1 Å². The zero-order valence-corrected chi connectivity index (χ0v) is 12.0. The number of hydrogen-bond acceptors (Lipinski definition) is 3. The topological polar surface area (TPSA) is 57.6 Å². The van der Waals surface area contributed by atoms with E-state index in [4.69, 9.17) is 5.11 Å². The molecule has 0 heterocycles. The normalized spacial score (nSPS) is 11.9. The Morgan fingerprint density at radius 3 is 2.53 bits per heavy atom. The molecule has 0 aliphatic heterocycles. The van der Waals surface area contributed by atoms with Crippen LogP contribution in [0.2, 0.25) is 0 Å². The maximum atomic E-state index is 11.8. The van der Waals surface area contributed by atoms with Gasteiger partial charge >= 0.3 is 5.97 Å². The van der Waals surface area contributed by atoms with E-state index in [9.17, 15) is 9.59 Å². The van der Waals surface area contributed by atoms with Crippen LogP contribution in [0.1, 0.15) is 13.3 Å². The molecule has 1 amide bonds. The summed E-state index contributed by atoms with van der Waals surface area (Å²) in [7, 11) is 1.65. The standard InChI is InChI=1S/C14H19NO3S/c1-11(14(17)18)10-15(2)13(16)8-9-19-12-6-4-3-5-7-12/h3-7,11H,8-10H2,1-2H3,(H,17,18). The average Bonchev–Trinajstić information content (AvgIpc) is 2.39. The SMILES string of the molecule is CC(CN(C)C(=O)CCSc1ccccc1)C(=O)O. The van der Waals surface area contributed by atoms with Crippen molar-refractivity contribution in [1.29, 1.82) is 0 Å². The Hall–Kier alpha value is -1.49. The minimum atomic E-state index is -0.877. The van der Waals surface area contributed by atoms with Crippen molar-refractivity contribution in [3.63, 3.8) is 0 Å². The van der Waals surface area contributed by atoms with Gasteiger partial charge in [-0.05, 0) is 12.1 Å². The van der Waals surface area contributed by atoms with Crippen molar-refractivity contribution >= 4 is 23.6 Å². The lowest BCUT2D eigenvalue weighted by Gasteiger charge is -2.19. The van der Waals surface area contributed by atoms with E-state index in [2.05, 4.69) is 0 Å². The third kappa shape index (κ3) is 5.79. The molecule has 0 aliphatic rings. The number of carboxylic acid groups (broad SMARTS) is 1. The fourth-order valence-electron chi connectivity index (χ4n) is 1.55. The fraction of sp³-hybridized carbons (Fsp3) is 0.429. The van der Waals surface area contributed by atoms with E-state index in [-0.39, 0.29) is 12.5 Å². The van der Waals surface area contributed by atoms with Gasteiger partial charge in [-0.3, -0.25) is 9.59 Å². The molecule has 0 fully saturated rings. The number of thioether (sulfide) groups is 1. The molecule has 0 bridgehead atoms. The van der Waals surface area contributed by atoms with Gasteiger partial charge in [-0.25, -0.2) is 0 Å². The van der Waals surface area contributed by atoms with E-state index in [1.807, 2.05) is 30.3 Å². The lowest BCUT2D eigenvalue weighted by molar-refractivity contribution is -0.142. The van der Waals surface area contributed by atoms with Crippen molar-refractivity contribution in [1.82, 2.24) is 4.90 Å². The van der Waals surface area contributed by atoms with Crippen LogP contribution in [0, 0.1) is 5.92 Å². The molecule has 4 nitrogen and oxygen atoms in total. The van der Waals surface area contributed by atoms with Crippen molar-refractivity contribution < 1.29 is 14.7 Å². The molecule has 0 saturated carbocycles. The van der Waals surface area contributed by atoms with Crippen molar-refractivity contribution in [2.75, 3.05) is 19.3 Å². The van der Waals surface area contributed by atoms with Crippen molar-refractivity contribution in [2.45, 2.75) is 18.2 Å². The van der Waals surface area contributed by atoms with E-state index < -0.39 is 11.9 Å². The summed E-state index contributed by atoms with van der Waals surface area (Å²) in [5.41, 5.74) is 0. The number of nitrogens with zero attached hydrogens (tertiary/aromatic N) is 1. The minimum Gasteiger partial charge on any atom is -0.481 e. The Labute approximate surface area is 117 Å². The number of carbonyl (C=O) groups excluding carboxylic acids is 1. The van der Waals surface area contributed by atoms with Gasteiger partial charge in [-0.15, -0.1) is 11.8 Å². The molecule has 0 aliphatic carbocycles. The van der Waals surface area contributed by atoms with Crippen LogP contribution in [-0.4, -0.2) is 41.2 Å². The van der Waals surface area contributed by atoms with Gasteiger partial charge < -0.3 is 10.0 Å². The Bertz CT molecular complexity index is 422. The molecule has 1 N–H and O–H groups in total. The summed E-state index contributed by atoms with van der Waals surface area (Å²) in [5.74, 6) is -0.722. The van der Waals surface area contributed by atoms with Crippen LogP contribution in [0.4, 0.5) is 0 Å². The first-order valence-electron chi connectivity index (χ1n) is 6.15. The smallest absolute Gasteiger partial charge is 0.308 e. The van der Waals surface area contributed by atoms with E-state index in [0.717, 1.165) is 4.90 Å². The van der Waals surface area contributed by atoms with Crippen LogP contribution in [0.3, 0.4) is 0 Å². The molecule has 0 spiro atoms. The molecular weight excluding hydrogens is 262 g/mol. The highest BCUT2D eigenvalue weighted by molar-refractivity contribution is 7.99. The Kier molecular flexibility index (Phi) is 6.42. The predicted molar refractivity (Wildman–Crippen MR) is 76.2 cm³/mol. The van der Waals surface area contributed by atoms with Crippen LogP contribution in [0.15, 0.2) is 35.2 Å². The Morgan fingerprint density at radius 2 is 1.95 bits per heavy atom. The number of rotatable bonds is 7. The second-order valence-corrected chi connectivity index (χ2v) is 5.59.